The first-order chi connectivity index (χ1) is 11.6. The molecule has 3 rings (SSSR count). The van der Waals surface area contributed by atoms with Crippen molar-refractivity contribution in [1.29, 1.82) is 0 Å². The fraction of sp³-hybridized carbons (Fsp3) is 0.500. The Morgan fingerprint density at radius 1 is 1.38 bits per heavy atom. The van der Waals surface area contributed by atoms with E-state index >= 15 is 0 Å². The highest BCUT2D eigenvalue weighted by molar-refractivity contribution is 6.33. The number of tetrazole rings is 1. The van der Waals surface area contributed by atoms with E-state index in [1.54, 1.807) is 18.2 Å². The van der Waals surface area contributed by atoms with E-state index in [9.17, 15) is 4.79 Å². The minimum Gasteiger partial charge on any atom is -0.375 e. The van der Waals surface area contributed by atoms with Crippen molar-refractivity contribution in [3.63, 3.8) is 0 Å². The molecule has 128 valence electrons. The van der Waals surface area contributed by atoms with Gasteiger partial charge in [0.25, 0.3) is 0 Å². The lowest BCUT2D eigenvalue weighted by atomic mass is 9.95. The first-order valence-corrected chi connectivity index (χ1v) is 8.57. The summed E-state index contributed by atoms with van der Waals surface area (Å²) in [7, 11) is 0. The van der Waals surface area contributed by atoms with E-state index in [0.717, 1.165) is 24.4 Å². The number of nitrogens with one attached hydrogen (secondary N) is 1. The second-order valence-corrected chi connectivity index (χ2v) is 6.61. The number of nitrogens with two attached hydrogens (primary N) is 1. The number of hydrogen-bond donors (Lipinski definition) is 2. The average molecular weight is 349 g/mol. The van der Waals surface area contributed by atoms with Crippen LogP contribution in [0.2, 0.25) is 5.02 Å². The average Bonchev–Trinajstić information content (AvgIpc) is 3.07. The van der Waals surface area contributed by atoms with E-state index in [1.165, 1.54) is 19.3 Å². The molecule has 24 heavy (non-hydrogen) atoms. The van der Waals surface area contributed by atoms with Crippen LogP contribution in [0.5, 0.6) is 0 Å². The Morgan fingerprint density at radius 2 is 2.12 bits per heavy atom. The Kier molecular flexibility index (Phi) is 4.99. The van der Waals surface area contributed by atoms with Crippen LogP contribution >= 0.6 is 11.6 Å². The van der Waals surface area contributed by atoms with Crippen LogP contribution in [0.4, 0.5) is 5.69 Å². The van der Waals surface area contributed by atoms with Gasteiger partial charge in [0.15, 0.2) is 5.82 Å². The Morgan fingerprint density at radius 3 is 2.83 bits per heavy atom. The van der Waals surface area contributed by atoms with Crippen LogP contribution in [0.15, 0.2) is 18.2 Å². The number of benzene rings is 1. The first-order valence-electron chi connectivity index (χ1n) is 8.20. The SMILES string of the molecule is CC(Nc1ccc(Cl)c(C(N)=O)c1)c1nnnn1C1CCCCC1. The molecule has 7 nitrogen and oxygen atoms in total. The van der Waals surface area contributed by atoms with Crippen molar-refractivity contribution in [1.82, 2.24) is 20.2 Å². The third-order valence-corrected chi connectivity index (χ3v) is 4.77. The molecule has 1 heterocycles. The van der Waals surface area contributed by atoms with Crippen LogP contribution in [0, 0.1) is 0 Å². The van der Waals surface area contributed by atoms with Gasteiger partial charge in [-0.2, -0.15) is 0 Å². The maximum atomic E-state index is 11.4. The highest BCUT2D eigenvalue weighted by atomic mass is 35.5. The topological polar surface area (TPSA) is 98.7 Å². The van der Waals surface area contributed by atoms with Gasteiger partial charge in [-0.05, 0) is 48.4 Å². The molecule has 0 spiro atoms. The summed E-state index contributed by atoms with van der Waals surface area (Å²) in [6, 6.07) is 5.36. The van der Waals surface area contributed by atoms with Crippen molar-refractivity contribution in [2.75, 3.05) is 5.32 Å². The summed E-state index contributed by atoms with van der Waals surface area (Å²) in [4.78, 5) is 11.4. The zero-order chi connectivity index (χ0) is 17.1. The van der Waals surface area contributed by atoms with Gasteiger partial charge < -0.3 is 11.1 Å². The molecule has 3 N–H and O–H groups in total. The summed E-state index contributed by atoms with van der Waals surface area (Å²) in [5, 5.41) is 15.9. The number of nitrogens with zero attached hydrogens (tertiary/aromatic N) is 4. The van der Waals surface area contributed by atoms with Crippen molar-refractivity contribution in [2.24, 2.45) is 5.73 Å². The van der Waals surface area contributed by atoms with Gasteiger partial charge in [0.1, 0.15) is 0 Å². The quantitative estimate of drug-likeness (QED) is 0.864. The third-order valence-electron chi connectivity index (χ3n) is 4.44. The number of carbonyl (C=O) groups excluding carboxylic acids is 1. The number of carbonyl (C=O) groups is 1. The van der Waals surface area contributed by atoms with Crippen molar-refractivity contribution in [2.45, 2.75) is 51.1 Å². The molecule has 1 fully saturated rings. The van der Waals surface area contributed by atoms with Gasteiger partial charge in [0.05, 0.1) is 22.7 Å². The summed E-state index contributed by atoms with van der Waals surface area (Å²) in [5.41, 5.74) is 6.38. The Bertz CT molecular complexity index is 725. The van der Waals surface area contributed by atoms with Crippen molar-refractivity contribution in [3.8, 4) is 0 Å². The van der Waals surface area contributed by atoms with Crippen LogP contribution in [0.3, 0.4) is 0 Å². The predicted octanol–water partition coefficient (Wildman–Crippen LogP) is 3.10. The summed E-state index contributed by atoms with van der Waals surface area (Å²) >= 11 is 5.99. The monoisotopic (exact) mass is 348 g/mol. The Hall–Kier alpha value is -2.15. The van der Waals surface area contributed by atoms with Crippen LogP contribution < -0.4 is 11.1 Å². The number of anilines is 1. The second-order valence-electron chi connectivity index (χ2n) is 6.20. The zero-order valence-corrected chi connectivity index (χ0v) is 14.3. The van der Waals surface area contributed by atoms with Gasteiger partial charge in [-0.25, -0.2) is 4.68 Å². The number of hydrogen-bond acceptors (Lipinski definition) is 5. The molecule has 1 aliphatic carbocycles. The zero-order valence-electron chi connectivity index (χ0n) is 13.6. The van der Waals surface area contributed by atoms with E-state index in [1.807, 2.05) is 11.6 Å². The van der Waals surface area contributed by atoms with Crippen LogP contribution in [0.25, 0.3) is 0 Å². The van der Waals surface area contributed by atoms with E-state index in [2.05, 4.69) is 20.8 Å². The summed E-state index contributed by atoms with van der Waals surface area (Å²) in [5.74, 6) is 0.237. The molecule has 0 bridgehead atoms. The summed E-state index contributed by atoms with van der Waals surface area (Å²) < 4.78 is 1.93. The number of halogens is 1. The molecule has 0 radical (unpaired) electrons. The maximum absolute atomic E-state index is 11.4. The van der Waals surface area contributed by atoms with Crippen LogP contribution in [-0.4, -0.2) is 26.1 Å². The minimum absolute atomic E-state index is 0.108. The van der Waals surface area contributed by atoms with E-state index in [0.29, 0.717) is 16.6 Å². The summed E-state index contributed by atoms with van der Waals surface area (Å²) in [6.45, 7) is 1.99. The molecule has 1 aliphatic rings. The minimum atomic E-state index is -0.552. The fourth-order valence-corrected chi connectivity index (χ4v) is 3.40. The molecule has 1 aromatic carbocycles. The van der Waals surface area contributed by atoms with Crippen molar-refractivity contribution >= 4 is 23.2 Å². The molecule has 1 saturated carbocycles. The number of primary amides is 1. The van der Waals surface area contributed by atoms with Gasteiger partial charge in [-0.1, -0.05) is 30.9 Å². The number of aromatic nitrogens is 4. The molecule has 1 aromatic heterocycles. The van der Waals surface area contributed by atoms with Crippen LogP contribution in [-0.2, 0) is 0 Å². The second kappa shape index (κ2) is 7.17. The lowest BCUT2D eigenvalue weighted by Crippen LogP contribution is -2.21. The van der Waals surface area contributed by atoms with Gasteiger partial charge in [-0.15, -0.1) is 5.10 Å². The Labute approximate surface area is 145 Å². The fourth-order valence-electron chi connectivity index (χ4n) is 3.19. The molecule has 0 aliphatic heterocycles. The van der Waals surface area contributed by atoms with Crippen molar-refractivity contribution in [3.05, 3.63) is 34.6 Å². The van der Waals surface area contributed by atoms with E-state index in [4.69, 9.17) is 17.3 Å². The number of rotatable bonds is 5. The third kappa shape index (κ3) is 3.51. The highest BCUT2D eigenvalue weighted by Crippen LogP contribution is 2.30. The first kappa shape index (κ1) is 16.7. The molecule has 8 heteroatoms. The van der Waals surface area contributed by atoms with Gasteiger partial charge >= 0.3 is 0 Å². The molecular weight excluding hydrogens is 328 g/mol. The van der Waals surface area contributed by atoms with Gasteiger partial charge in [0.2, 0.25) is 5.91 Å². The van der Waals surface area contributed by atoms with Gasteiger partial charge in [0, 0.05) is 5.69 Å². The molecule has 2 aromatic rings. The smallest absolute Gasteiger partial charge is 0.250 e. The lowest BCUT2D eigenvalue weighted by molar-refractivity contribution is 0.100. The van der Waals surface area contributed by atoms with E-state index < -0.39 is 5.91 Å². The molecule has 1 amide bonds. The van der Waals surface area contributed by atoms with Gasteiger partial charge in [-0.3, -0.25) is 4.79 Å². The molecular formula is C16H21ClN6O. The maximum Gasteiger partial charge on any atom is 0.250 e. The Balaban J connectivity index is 1.78. The molecule has 0 saturated heterocycles. The highest BCUT2D eigenvalue weighted by Gasteiger charge is 2.23. The van der Waals surface area contributed by atoms with Crippen LogP contribution in [0.1, 0.15) is 67.3 Å². The number of amides is 1. The lowest BCUT2D eigenvalue weighted by Gasteiger charge is -2.24. The molecule has 1 atom stereocenters. The normalized spacial score (nSPS) is 16.8. The predicted molar refractivity (Wildman–Crippen MR) is 91.9 cm³/mol. The van der Waals surface area contributed by atoms with Crippen molar-refractivity contribution < 1.29 is 4.79 Å². The largest absolute Gasteiger partial charge is 0.375 e. The molecule has 1 unspecified atom stereocenters. The summed E-state index contributed by atoms with van der Waals surface area (Å²) in [6.07, 6.45) is 5.92. The standard InChI is InChI=1S/C16H21ClN6O/c1-10(19-11-7-8-14(17)13(9-11)15(18)24)16-20-21-22-23(16)12-5-3-2-4-6-12/h7-10,12,19H,2-6H2,1H3,(H2,18,24). The van der Waals surface area contributed by atoms with E-state index in [-0.39, 0.29) is 6.04 Å².